The van der Waals surface area contributed by atoms with Crippen LogP contribution in [-0.4, -0.2) is 42.8 Å². The van der Waals surface area contributed by atoms with Crippen molar-refractivity contribution in [1.82, 2.24) is 15.6 Å². The highest BCUT2D eigenvalue weighted by atomic mass is 35.5. The van der Waals surface area contributed by atoms with E-state index in [2.05, 4.69) is 62.0 Å². The van der Waals surface area contributed by atoms with Gasteiger partial charge in [0, 0.05) is 46.0 Å². The van der Waals surface area contributed by atoms with Crippen LogP contribution in [0.4, 0.5) is 0 Å². The van der Waals surface area contributed by atoms with Crippen LogP contribution in [0.1, 0.15) is 11.1 Å². The van der Waals surface area contributed by atoms with Crippen molar-refractivity contribution >= 4 is 58.3 Å². The number of aromatic amines is 1. The Hall–Kier alpha value is -2.24. The molecule has 130 valence electrons. The number of aliphatic imine (C=N–C) groups is 2. The molecule has 0 atom stereocenters. The van der Waals surface area contributed by atoms with Crippen LogP contribution in [0.5, 0.6) is 0 Å². The Balaban J connectivity index is 0.000000911. The third-order valence-electron chi connectivity index (χ3n) is 4.49. The average molecular weight is 376 g/mol. The fourth-order valence-corrected chi connectivity index (χ4v) is 3.37. The van der Waals surface area contributed by atoms with E-state index in [4.69, 9.17) is 0 Å². The van der Waals surface area contributed by atoms with E-state index < -0.39 is 0 Å². The maximum Gasteiger partial charge on any atom is 0.128 e. The molecule has 5 nitrogen and oxygen atoms in total. The lowest BCUT2D eigenvalue weighted by Gasteiger charge is -2.04. The van der Waals surface area contributed by atoms with E-state index >= 15 is 0 Å². The maximum atomic E-state index is 4.52. The van der Waals surface area contributed by atoms with Gasteiger partial charge in [0.05, 0.1) is 13.1 Å². The third kappa shape index (κ3) is 2.94. The summed E-state index contributed by atoms with van der Waals surface area (Å²) < 4.78 is 0. The monoisotopic (exact) mass is 375 g/mol. The smallest absolute Gasteiger partial charge is 0.128 e. The van der Waals surface area contributed by atoms with Gasteiger partial charge >= 0.3 is 0 Å². The highest BCUT2D eigenvalue weighted by molar-refractivity contribution is 6.13. The second kappa shape index (κ2) is 6.94. The first kappa shape index (κ1) is 17.6. The molecule has 0 unspecified atom stereocenters. The summed E-state index contributed by atoms with van der Waals surface area (Å²) in [7, 11) is 0. The van der Waals surface area contributed by atoms with Crippen LogP contribution in [0.3, 0.4) is 0 Å². The summed E-state index contributed by atoms with van der Waals surface area (Å²) in [4.78, 5) is 12.5. The largest absolute Gasteiger partial charge is 0.368 e. The number of fused-ring (bicyclic) bond motifs is 3. The Bertz CT molecular complexity index is 911. The Labute approximate surface area is 157 Å². The van der Waals surface area contributed by atoms with E-state index in [1.807, 2.05) is 0 Å². The van der Waals surface area contributed by atoms with Crippen LogP contribution in [0.2, 0.25) is 0 Å². The molecule has 2 aliphatic heterocycles. The van der Waals surface area contributed by atoms with Gasteiger partial charge in [-0.3, -0.25) is 9.98 Å². The molecule has 3 heterocycles. The number of halogens is 2. The molecule has 25 heavy (non-hydrogen) atoms. The number of nitrogens with one attached hydrogen (secondary N) is 3. The minimum atomic E-state index is 0. The summed E-state index contributed by atoms with van der Waals surface area (Å²) in [6.45, 7) is 3.57. The van der Waals surface area contributed by atoms with Gasteiger partial charge in [-0.05, 0) is 36.4 Å². The van der Waals surface area contributed by atoms with Gasteiger partial charge in [0.2, 0.25) is 0 Å². The van der Waals surface area contributed by atoms with E-state index in [0.717, 1.165) is 60.0 Å². The van der Waals surface area contributed by atoms with Gasteiger partial charge in [-0.25, -0.2) is 0 Å². The number of rotatable bonds is 2. The number of amidine groups is 2. The molecule has 2 aromatic carbocycles. The second-order valence-corrected chi connectivity index (χ2v) is 5.96. The zero-order chi connectivity index (χ0) is 15.2. The van der Waals surface area contributed by atoms with Crippen molar-refractivity contribution in [3.63, 3.8) is 0 Å². The molecule has 1 aromatic heterocycles. The molecule has 0 saturated heterocycles. The van der Waals surface area contributed by atoms with Gasteiger partial charge in [-0.2, -0.15) is 0 Å². The van der Waals surface area contributed by atoms with Crippen molar-refractivity contribution in [2.45, 2.75) is 0 Å². The molecular formula is C18H19Cl2N5. The SMILES string of the molecule is Cl.Cl.c1cc2[nH]c3ccc(C4=NCCN4)cc3c2cc1C1=NCCN1. The first-order chi connectivity index (χ1) is 11.4. The summed E-state index contributed by atoms with van der Waals surface area (Å²) in [5.41, 5.74) is 4.61. The summed E-state index contributed by atoms with van der Waals surface area (Å²) in [5.74, 6) is 2.00. The zero-order valence-electron chi connectivity index (χ0n) is 13.5. The molecule has 3 N–H and O–H groups in total. The molecule has 5 rings (SSSR count). The molecule has 0 amide bonds. The Morgan fingerprint density at radius 2 is 1.16 bits per heavy atom. The molecule has 2 aliphatic rings. The van der Waals surface area contributed by atoms with Crippen LogP contribution in [0.25, 0.3) is 21.8 Å². The van der Waals surface area contributed by atoms with Crippen LogP contribution >= 0.6 is 24.8 Å². The summed E-state index contributed by atoms with van der Waals surface area (Å²) in [6.07, 6.45) is 0. The Morgan fingerprint density at radius 3 is 1.56 bits per heavy atom. The molecule has 7 heteroatoms. The van der Waals surface area contributed by atoms with Gasteiger partial charge in [-0.1, -0.05) is 0 Å². The number of H-pyrrole nitrogens is 1. The Morgan fingerprint density at radius 1 is 0.680 bits per heavy atom. The summed E-state index contributed by atoms with van der Waals surface area (Å²) >= 11 is 0. The van der Waals surface area contributed by atoms with E-state index in [1.54, 1.807) is 0 Å². The van der Waals surface area contributed by atoms with E-state index in [-0.39, 0.29) is 24.8 Å². The molecule has 0 aliphatic carbocycles. The lowest BCUT2D eigenvalue weighted by Crippen LogP contribution is -2.19. The number of hydrogen-bond acceptors (Lipinski definition) is 4. The predicted octanol–water partition coefficient (Wildman–Crippen LogP) is 2.86. The fourth-order valence-electron chi connectivity index (χ4n) is 3.37. The maximum absolute atomic E-state index is 4.52. The van der Waals surface area contributed by atoms with Crippen molar-refractivity contribution < 1.29 is 0 Å². The number of aromatic nitrogens is 1. The van der Waals surface area contributed by atoms with Crippen molar-refractivity contribution in [3.8, 4) is 0 Å². The zero-order valence-corrected chi connectivity index (χ0v) is 15.1. The van der Waals surface area contributed by atoms with Crippen molar-refractivity contribution in [2.75, 3.05) is 26.2 Å². The normalized spacial score (nSPS) is 15.8. The fraction of sp³-hybridized carbons (Fsp3) is 0.222. The first-order valence-corrected chi connectivity index (χ1v) is 8.01. The van der Waals surface area contributed by atoms with Crippen LogP contribution < -0.4 is 10.6 Å². The quantitative estimate of drug-likeness (QED) is 0.644. The molecule has 0 radical (unpaired) electrons. The molecule has 0 spiro atoms. The highest BCUT2D eigenvalue weighted by Gasteiger charge is 2.13. The third-order valence-corrected chi connectivity index (χ3v) is 4.49. The standard InChI is InChI=1S/C18H17N5.2ClH/c1-3-15-13(9-11(1)17-19-5-6-20-17)14-10-12(2-4-16(14)23-15)18-21-7-8-22-18;;/h1-4,9-10,23H,5-8H2,(H,19,20)(H,21,22);2*1H. The topological polar surface area (TPSA) is 64.6 Å². The second-order valence-electron chi connectivity index (χ2n) is 5.96. The molecule has 3 aromatic rings. The average Bonchev–Trinajstić information content (AvgIpc) is 3.33. The number of nitrogens with zero attached hydrogens (tertiary/aromatic N) is 2. The van der Waals surface area contributed by atoms with E-state index in [9.17, 15) is 0 Å². The van der Waals surface area contributed by atoms with E-state index in [0.29, 0.717) is 0 Å². The van der Waals surface area contributed by atoms with Crippen LogP contribution in [0.15, 0.2) is 46.4 Å². The minimum Gasteiger partial charge on any atom is -0.368 e. The van der Waals surface area contributed by atoms with Gasteiger partial charge in [-0.15, -0.1) is 24.8 Å². The van der Waals surface area contributed by atoms with E-state index in [1.165, 1.54) is 10.8 Å². The number of hydrogen-bond donors (Lipinski definition) is 3. The molecular weight excluding hydrogens is 357 g/mol. The van der Waals surface area contributed by atoms with Crippen molar-refractivity contribution in [2.24, 2.45) is 9.98 Å². The van der Waals surface area contributed by atoms with Gasteiger partial charge in [0.15, 0.2) is 0 Å². The lowest BCUT2D eigenvalue weighted by atomic mass is 10.1. The molecule has 0 bridgehead atoms. The Kier molecular flexibility index (Phi) is 4.88. The first-order valence-electron chi connectivity index (χ1n) is 8.01. The highest BCUT2D eigenvalue weighted by Crippen LogP contribution is 2.27. The van der Waals surface area contributed by atoms with Crippen molar-refractivity contribution in [3.05, 3.63) is 47.5 Å². The summed E-state index contributed by atoms with van der Waals surface area (Å²) in [6, 6.07) is 13.0. The van der Waals surface area contributed by atoms with Crippen LogP contribution in [0, 0.1) is 0 Å². The molecule has 0 fully saturated rings. The number of benzene rings is 2. The van der Waals surface area contributed by atoms with Gasteiger partial charge < -0.3 is 15.6 Å². The van der Waals surface area contributed by atoms with Crippen LogP contribution in [-0.2, 0) is 0 Å². The summed E-state index contributed by atoms with van der Waals surface area (Å²) in [5, 5.41) is 9.15. The van der Waals surface area contributed by atoms with Gasteiger partial charge in [0.1, 0.15) is 11.7 Å². The van der Waals surface area contributed by atoms with Crippen molar-refractivity contribution in [1.29, 1.82) is 0 Å². The minimum absolute atomic E-state index is 0. The lowest BCUT2D eigenvalue weighted by molar-refractivity contribution is 0.960. The van der Waals surface area contributed by atoms with Gasteiger partial charge in [0.25, 0.3) is 0 Å². The molecule has 0 saturated carbocycles. The predicted molar refractivity (Wildman–Crippen MR) is 109 cm³/mol.